The van der Waals surface area contributed by atoms with Crippen molar-refractivity contribution in [2.45, 2.75) is 32.4 Å². The summed E-state index contributed by atoms with van der Waals surface area (Å²) in [6, 6.07) is 3.27. The summed E-state index contributed by atoms with van der Waals surface area (Å²) in [5.41, 5.74) is 2.77. The number of anilines is 2. The number of piperazine rings is 1. The fraction of sp³-hybridized carbons (Fsp3) is 0.615. The quantitative estimate of drug-likeness (QED) is 0.764. The molecule has 0 radical (unpaired) electrons. The molecule has 0 amide bonds. The Morgan fingerprint density at radius 2 is 2.06 bits per heavy atom. The second kappa shape index (κ2) is 4.18. The first kappa shape index (κ1) is 10.8. The Morgan fingerprint density at radius 3 is 2.82 bits per heavy atom. The lowest BCUT2D eigenvalue weighted by molar-refractivity contribution is 0.406. The molecule has 0 aromatic carbocycles. The minimum Gasteiger partial charge on any atom is -0.369 e. The Hall–Kier alpha value is -1.29. The maximum atomic E-state index is 4.40. The predicted octanol–water partition coefficient (Wildman–Crippen LogP) is 1.24. The molecule has 92 valence electrons. The average molecular weight is 232 g/mol. The van der Waals surface area contributed by atoms with Gasteiger partial charge in [0, 0.05) is 49.2 Å². The van der Waals surface area contributed by atoms with E-state index in [1.165, 1.54) is 11.3 Å². The first-order valence-corrected chi connectivity index (χ1v) is 6.47. The molecule has 1 saturated heterocycles. The van der Waals surface area contributed by atoms with E-state index in [9.17, 15) is 0 Å². The number of nitrogens with one attached hydrogen (secondary N) is 2. The molecule has 3 heterocycles. The van der Waals surface area contributed by atoms with Gasteiger partial charge >= 0.3 is 0 Å². The van der Waals surface area contributed by atoms with E-state index >= 15 is 0 Å². The van der Waals surface area contributed by atoms with Gasteiger partial charge in [0.15, 0.2) is 0 Å². The molecule has 2 aliphatic rings. The molecule has 1 fully saturated rings. The van der Waals surface area contributed by atoms with Crippen LogP contribution in [0.15, 0.2) is 12.3 Å². The second-order valence-electron chi connectivity index (χ2n) is 5.21. The van der Waals surface area contributed by atoms with E-state index in [1.54, 1.807) is 0 Å². The number of nitrogens with zero attached hydrogens (tertiary/aromatic N) is 2. The number of hydrogen-bond acceptors (Lipinski definition) is 4. The lowest BCUT2D eigenvalue weighted by Gasteiger charge is -2.38. The number of rotatable bonds is 1. The van der Waals surface area contributed by atoms with Crippen molar-refractivity contribution in [3.05, 3.63) is 17.8 Å². The van der Waals surface area contributed by atoms with Crippen molar-refractivity contribution in [2.75, 3.05) is 29.9 Å². The standard InChI is InChI=1S/C13H20N4/c1-9-7-17(8-10(2)16-9)12-4-6-15-13-11(12)3-5-14-13/h4,6,9-10,16H,3,5,7-8H2,1-2H3,(H,14,15). The molecule has 1 aromatic rings. The Kier molecular flexibility index (Phi) is 2.67. The van der Waals surface area contributed by atoms with E-state index in [4.69, 9.17) is 0 Å². The lowest BCUT2D eigenvalue weighted by atomic mass is 10.1. The molecule has 0 spiro atoms. The Morgan fingerprint density at radius 1 is 1.29 bits per heavy atom. The van der Waals surface area contributed by atoms with E-state index in [1.807, 2.05) is 6.20 Å². The van der Waals surface area contributed by atoms with Crippen molar-refractivity contribution in [3.63, 3.8) is 0 Å². The van der Waals surface area contributed by atoms with Crippen LogP contribution in [0.1, 0.15) is 19.4 Å². The van der Waals surface area contributed by atoms with Crippen LogP contribution in [0.3, 0.4) is 0 Å². The van der Waals surface area contributed by atoms with Crippen molar-refractivity contribution in [2.24, 2.45) is 0 Å². The van der Waals surface area contributed by atoms with Crippen LogP contribution in [-0.4, -0.2) is 36.7 Å². The smallest absolute Gasteiger partial charge is 0.131 e. The van der Waals surface area contributed by atoms with E-state index in [2.05, 4.69) is 40.4 Å². The first-order chi connectivity index (χ1) is 8.24. The Labute approximate surface area is 102 Å². The molecule has 0 saturated carbocycles. The van der Waals surface area contributed by atoms with Crippen LogP contribution in [-0.2, 0) is 6.42 Å². The van der Waals surface area contributed by atoms with Gasteiger partial charge in [-0.3, -0.25) is 0 Å². The second-order valence-corrected chi connectivity index (χ2v) is 5.21. The lowest BCUT2D eigenvalue weighted by Crippen LogP contribution is -2.54. The third-order valence-corrected chi connectivity index (χ3v) is 3.60. The fourth-order valence-electron chi connectivity index (χ4n) is 3.01. The van der Waals surface area contributed by atoms with Gasteiger partial charge in [-0.1, -0.05) is 0 Å². The third kappa shape index (κ3) is 1.97. The van der Waals surface area contributed by atoms with Gasteiger partial charge in [-0.15, -0.1) is 0 Å². The largest absolute Gasteiger partial charge is 0.369 e. The zero-order valence-corrected chi connectivity index (χ0v) is 10.5. The maximum Gasteiger partial charge on any atom is 0.131 e. The highest BCUT2D eigenvalue weighted by atomic mass is 15.2. The molecule has 1 aromatic heterocycles. The van der Waals surface area contributed by atoms with Crippen LogP contribution in [0.25, 0.3) is 0 Å². The van der Waals surface area contributed by atoms with Crippen LogP contribution < -0.4 is 15.5 Å². The summed E-state index contributed by atoms with van der Waals surface area (Å²) in [6.45, 7) is 7.70. The summed E-state index contributed by atoms with van der Waals surface area (Å²) in [5.74, 6) is 1.08. The molecule has 0 aliphatic carbocycles. The van der Waals surface area contributed by atoms with Gasteiger partial charge in [-0.05, 0) is 26.3 Å². The zero-order valence-electron chi connectivity index (χ0n) is 10.5. The molecule has 0 bridgehead atoms. The minimum absolute atomic E-state index is 0.553. The van der Waals surface area contributed by atoms with Gasteiger partial charge in [-0.2, -0.15) is 0 Å². The number of hydrogen-bond donors (Lipinski definition) is 2. The van der Waals surface area contributed by atoms with Gasteiger partial charge in [0.2, 0.25) is 0 Å². The molecule has 3 rings (SSSR count). The fourth-order valence-corrected chi connectivity index (χ4v) is 3.01. The van der Waals surface area contributed by atoms with Gasteiger partial charge in [0.1, 0.15) is 5.82 Å². The zero-order chi connectivity index (χ0) is 11.8. The minimum atomic E-state index is 0.553. The van der Waals surface area contributed by atoms with Crippen LogP contribution >= 0.6 is 0 Å². The van der Waals surface area contributed by atoms with Crippen LogP contribution in [0.5, 0.6) is 0 Å². The molecular weight excluding hydrogens is 212 g/mol. The summed E-state index contributed by atoms with van der Waals surface area (Å²) >= 11 is 0. The normalized spacial score (nSPS) is 27.8. The van der Waals surface area contributed by atoms with Gasteiger partial charge in [-0.25, -0.2) is 4.98 Å². The highest BCUT2D eigenvalue weighted by Crippen LogP contribution is 2.30. The Balaban J connectivity index is 1.91. The first-order valence-electron chi connectivity index (χ1n) is 6.47. The molecule has 2 unspecified atom stereocenters. The molecule has 4 heteroatoms. The monoisotopic (exact) mass is 232 g/mol. The number of aromatic nitrogens is 1. The number of fused-ring (bicyclic) bond motifs is 1. The van der Waals surface area contributed by atoms with Crippen LogP contribution in [0.4, 0.5) is 11.5 Å². The summed E-state index contributed by atoms with van der Waals surface area (Å²) < 4.78 is 0. The summed E-state index contributed by atoms with van der Waals surface area (Å²) in [4.78, 5) is 6.90. The van der Waals surface area contributed by atoms with Gasteiger partial charge in [0.05, 0.1) is 0 Å². The van der Waals surface area contributed by atoms with Crippen molar-refractivity contribution in [1.82, 2.24) is 10.3 Å². The highest BCUT2D eigenvalue weighted by molar-refractivity contribution is 5.66. The van der Waals surface area contributed by atoms with Crippen LogP contribution in [0.2, 0.25) is 0 Å². The van der Waals surface area contributed by atoms with Crippen molar-refractivity contribution in [1.29, 1.82) is 0 Å². The maximum absolute atomic E-state index is 4.40. The molecule has 17 heavy (non-hydrogen) atoms. The molecule has 2 N–H and O–H groups in total. The van der Waals surface area contributed by atoms with Crippen LogP contribution in [0, 0.1) is 0 Å². The molecule has 2 aliphatic heterocycles. The number of pyridine rings is 1. The third-order valence-electron chi connectivity index (χ3n) is 3.60. The van der Waals surface area contributed by atoms with E-state index in [0.717, 1.165) is 31.9 Å². The van der Waals surface area contributed by atoms with Crippen molar-refractivity contribution in [3.8, 4) is 0 Å². The van der Waals surface area contributed by atoms with Gasteiger partial charge < -0.3 is 15.5 Å². The average Bonchev–Trinajstić information content (AvgIpc) is 2.75. The Bertz CT molecular complexity index is 408. The van der Waals surface area contributed by atoms with Crippen molar-refractivity contribution >= 4 is 11.5 Å². The highest BCUT2D eigenvalue weighted by Gasteiger charge is 2.25. The molecule has 4 nitrogen and oxygen atoms in total. The van der Waals surface area contributed by atoms with E-state index in [-0.39, 0.29) is 0 Å². The summed E-state index contributed by atoms with van der Waals surface area (Å²) in [7, 11) is 0. The van der Waals surface area contributed by atoms with Crippen molar-refractivity contribution < 1.29 is 0 Å². The SMILES string of the molecule is CC1CN(c2ccnc3c2CCN3)CC(C)N1. The molecular formula is C13H20N4. The predicted molar refractivity (Wildman–Crippen MR) is 70.7 cm³/mol. The van der Waals surface area contributed by atoms with E-state index in [0.29, 0.717) is 12.1 Å². The summed E-state index contributed by atoms with van der Waals surface area (Å²) in [6.07, 6.45) is 3.02. The molecule has 2 atom stereocenters. The van der Waals surface area contributed by atoms with Gasteiger partial charge in [0.25, 0.3) is 0 Å². The van der Waals surface area contributed by atoms with E-state index < -0.39 is 0 Å². The topological polar surface area (TPSA) is 40.2 Å². The summed E-state index contributed by atoms with van der Waals surface area (Å²) in [5, 5.41) is 6.92.